The van der Waals surface area contributed by atoms with Crippen LogP contribution in [0.5, 0.6) is 5.75 Å². The molecule has 2 aliphatic rings. The van der Waals surface area contributed by atoms with Crippen molar-refractivity contribution in [1.82, 2.24) is 4.90 Å². The van der Waals surface area contributed by atoms with Gasteiger partial charge in [0.2, 0.25) is 0 Å². The molecule has 2 heterocycles. The molecule has 2 fully saturated rings. The van der Waals surface area contributed by atoms with E-state index in [0.717, 1.165) is 25.7 Å². The molecule has 2 saturated heterocycles. The lowest BCUT2D eigenvalue weighted by atomic mass is 9.80. The first-order valence-electron chi connectivity index (χ1n) is 11.3. The minimum Gasteiger partial charge on any atom is -0.495 e. The number of nitrogens with zero attached hydrogens (tertiary/aromatic N) is 2. The first-order valence-corrected chi connectivity index (χ1v) is 11.3. The van der Waals surface area contributed by atoms with Gasteiger partial charge in [0.15, 0.2) is 0 Å². The van der Waals surface area contributed by atoms with Crippen LogP contribution in [0.25, 0.3) is 0 Å². The van der Waals surface area contributed by atoms with Gasteiger partial charge in [-0.1, -0.05) is 30.3 Å². The first-order chi connectivity index (χ1) is 15.6. The van der Waals surface area contributed by atoms with E-state index in [1.807, 2.05) is 30.0 Å². The van der Waals surface area contributed by atoms with Crippen molar-refractivity contribution in [3.05, 3.63) is 65.2 Å². The molecule has 6 heteroatoms. The molecule has 4 rings (SSSR count). The van der Waals surface area contributed by atoms with E-state index in [0.29, 0.717) is 36.6 Å². The fourth-order valence-corrected chi connectivity index (χ4v) is 4.92. The van der Waals surface area contributed by atoms with Crippen LogP contribution >= 0.6 is 0 Å². The van der Waals surface area contributed by atoms with Gasteiger partial charge in [0.1, 0.15) is 11.8 Å². The van der Waals surface area contributed by atoms with Crippen LogP contribution in [0.1, 0.15) is 60.2 Å². The summed E-state index contributed by atoms with van der Waals surface area (Å²) in [5.74, 6) is 0.418. The second-order valence-corrected chi connectivity index (χ2v) is 8.54. The molecule has 2 aliphatic heterocycles. The molecular weight excluding hydrogens is 404 g/mol. The van der Waals surface area contributed by atoms with Crippen molar-refractivity contribution in [2.24, 2.45) is 0 Å². The van der Waals surface area contributed by atoms with Gasteiger partial charge < -0.3 is 19.1 Å². The lowest BCUT2D eigenvalue weighted by Crippen LogP contribution is -2.52. The Morgan fingerprint density at radius 2 is 1.97 bits per heavy atom. The van der Waals surface area contributed by atoms with Crippen LogP contribution in [0, 0.1) is 11.3 Å². The minimum atomic E-state index is -0.285. The number of hydrogen-bond acceptors (Lipinski definition) is 5. The number of carbonyl (C=O) groups is 1. The van der Waals surface area contributed by atoms with Gasteiger partial charge in [-0.15, -0.1) is 0 Å². The fourth-order valence-electron chi connectivity index (χ4n) is 4.92. The molecule has 32 heavy (non-hydrogen) atoms. The molecular formula is C26H30N2O4. The Bertz CT molecular complexity index is 977. The van der Waals surface area contributed by atoms with E-state index >= 15 is 0 Å². The Balaban J connectivity index is 1.47. The summed E-state index contributed by atoms with van der Waals surface area (Å²) in [6, 6.07) is 17.4. The summed E-state index contributed by atoms with van der Waals surface area (Å²) in [4.78, 5) is 15.0. The van der Waals surface area contributed by atoms with Crippen molar-refractivity contribution in [3.8, 4) is 11.8 Å². The molecule has 1 spiro atoms. The number of ether oxygens (including phenoxy) is 3. The summed E-state index contributed by atoms with van der Waals surface area (Å²) >= 11 is 0. The highest BCUT2D eigenvalue weighted by molar-refractivity contribution is 5.95. The highest BCUT2D eigenvalue weighted by atomic mass is 16.5. The predicted octanol–water partition coefficient (Wildman–Crippen LogP) is 4.50. The summed E-state index contributed by atoms with van der Waals surface area (Å²) in [7, 11) is 1.52. The molecule has 0 N–H and O–H groups in total. The third-order valence-corrected chi connectivity index (χ3v) is 6.57. The molecule has 2 atom stereocenters. The lowest BCUT2D eigenvalue weighted by Gasteiger charge is -2.48. The molecule has 2 aromatic rings. The van der Waals surface area contributed by atoms with Crippen LogP contribution in [0.4, 0.5) is 0 Å². The average Bonchev–Trinajstić information content (AvgIpc) is 2.84. The molecule has 2 aromatic carbocycles. The van der Waals surface area contributed by atoms with E-state index in [4.69, 9.17) is 14.2 Å². The molecule has 0 unspecified atom stereocenters. The summed E-state index contributed by atoms with van der Waals surface area (Å²) < 4.78 is 17.9. The number of carbonyl (C=O) groups excluding carboxylic acids is 1. The monoisotopic (exact) mass is 434 g/mol. The maximum Gasteiger partial charge on any atom is 0.253 e. The zero-order valence-electron chi connectivity index (χ0n) is 18.8. The number of methoxy groups -OCH3 is 1. The van der Waals surface area contributed by atoms with Crippen LogP contribution < -0.4 is 4.74 Å². The van der Waals surface area contributed by atoms with Crippen molar-refractivity contribution in [2.45, 2.75) is 50.4 Å². The Labute approximate surface area is 189 Å². The fraction of sp³-hybridized carbons (Fsp3) is 0.462. The van der Waals surface area contributed by atoms with Gasteiger partial charge in [0.05, 0.1) is 30.5 Å². The Kier molecular flexibility index (Phi) is 6.78. The maximum absolute atomic E-state index is 13.1. The number of piperidine rings is 1. The number of benzene rings is 2. The summed E-state index contributed by atoms with van der Waals surface area (Å²) in [6.45, 7) is 3.96. The van der Waals surface area contributed by atoms with Gasteiger partial charge >= 0.3 is 0 Å². The zero-order chi connectivity index (χ0) is 22.6. The van der Waals surface area contributed by atoms with E-state index in [2.05, 4.69) is 18.2 Å². The largest absolute Gasteiger partial charge is 0.495 e. The number of nitriles is 1. The van der Waals surface area contributed by atoms with Gasteiger partial charge in [0, 0.05) is 38.1 Å². The molecule has 1 amide bonds. The third-order valence-electron chi connectivity index (χ3n) is 6.57. The normalized spacial score (nSPS) is 22.3. The zero-order valence-corrected chi connectivity index (χ0v) is 18.8. The minimum absolute atomic E-state index is 0.00327. The van der Waals surface area contributed by atoms with E-state index in [1.165, 1.54) is 12.7 Å². The van der Waals surface area contributed by atoms with Gasteiger partial charge in [0.25, 0.3) is 5.91 Å². The van der Waals surface area contributed by atoms with Gasteiger partial charge in [-0.3, -0.25) is 4.79 Å². The summed E-state index contributed by atoms with van der Waals surface area (Å²) in [6.07, 6.45) is 3.41. The Morgan fingerprint density at radius 3 is 2.62 bits per heavy atom. The molecule has 0 bridgehead atoms. The number of hydrogen-bond donors (Lipinski definition) is 0. The molecule has 0 radical (unpaired) electrons. The smallest absolute Gasteiger partial charge is 0.253 e. The average molecular weight is 435 g/mol. The second-order valence-electron chi connectivity index (χ2n) is 8.54. The van der Waals surface area contributed by atoms with E-state index in [-0.39, 0.29) is 23.7 Å². The summed E-state index contributed by atoms with van der Waals surface area (Å²) in [5.41, 5.74) is 1.77. The van der Waals surface area contributed by atoms with Gasteiger partial charge in [-0.2, -0.15) is 5.26 Å². The predicted molar refractivity (Wildman–Crippen MR) is 120 cm³/mol. The van der Waals surface area contributed by atoms with E-state index in [9.17, 15) is 10.1 Å². The topological polar surface area (TPSA) is 71.8 Å². The van der Waals surface area contributed by atoms with Crippen molar-refractivity contribution < 1.29 is 19.0 Å². The first kappa shape index (κ1) is 22.3. The SMILES string of the molecule is CCO[C@@H]1C[C@H](c2ccccc2)OC2(CCN(C(=O)c3ccc(OC)c(C#N)c3)CC2)C1. The highest BCUT2D eigenvalue weighted by Gasteiger charge is 2.45. The Morgan fingerprint density at radius 1 is 1.22 bits per heavy atom. The van der Waals surface area contributed by atoms with Gasteiger partial charge in [-0.05, 0) is 43.5 Å². The Hall–Kier alpha value is -2.88. The standard InChI is InChI=1S/C26H30N2O4/c1-3-31-22-16-24(19-7-5-4-6-8-19)32-26(17-22)11-13-28(14-12-26)25(29)20-9-10-23(30-2)21(15-20)18-27/h4-10,15,22,24H,3,11-14,16-17H2,1-2H3/t22-,24-/m1/s1. The van der Waals surface area contributed by atoms with Crippen molar-refractivity contribution in [2.75, 3.05) is 26.8 Å². The quantitative estimate of drug-likeness (QED) is 0.693. The van der Waals surface area contributed by atoms with Crippen LogP contribution in [-0.4, -0.2) is 49.3 Å². The van der Waals surface area contributed by atoms with E-state index < -0.39 is 0 Å². The van der Waals surface area contributed by atoms with E-state index in [1.54, 1.807) is 18.2 Å². The van der Waals surface area contributed by atoms with Crippen LogP contribution in [-0.2, 0) is 9.47 Å². The molecule has 0 saturated carbocycles. The molecule has 6 nitrogen and oxygen atoms in total. The molecule has 0 aromatic heterocycles. The summed E-state index contributed by atoms with van der Waals surface area (Å²) in [5, 5.41) is 9.34. The highest BCUT2D eigenvalue weighted by Crippen LogP contribution is 2.44. The number of amides is 1. The van der Waals surface area contributed by atoms with Crippen molar-refractivity contribution in [3.63, 3.8) is 0 Å². The molecule has 168 valence electrons. The number of likely N-dealkylation sites (tertiary alicyclic amines) is 1. The van der Waals surface area contributed by atoms with Gasteiger partial charge in [-0.25, -0.2) is 0 Å². The van der Waals surface area contributed by atoms with Crippen LogP contribution in [0.15, 0.2) is 48.5 Å². The maximum atomic E-state index is 13.1. The van der Waals surface area contributed by atoms with Crippen LogP contribution in [0.3, 0.4) is 0 Å². The third kappa shape index (κ3) is 4.64. The lowest BCUT2D eigenvalue weighted by molar-refractivity contribution is -0.190. The molecule has 0 aliphatic carbocycles. The second kappa shape index (κ2) is 9.72. The van der Waals surface area contributed by atoms with Crippen LogP contribution in [0.2, 0.25) is 0 Å². The number of rotatable bonds is 5. The van der Waals surface area contributed by atoms with Crippen molar-refractivity contribution >= 4 is 5.91 Å². The van der Waals surface area contributed by atoms with Crippen molar-refractivity contribution in [1.29, 1.82) is 5.26 Å².